The largest absolute Gasteiger partial charge is 0.480 e. The zero-order chi connectivity index (χ0) is 14.0. The first kappa shape index (κ1) is 14.9. The molecule has 0 spiro atoms. The van der Waals surface area contributed by atoms with E-state index < -0.39 is 34.6 Å². The first-order valence-electron chi connectivity index (χ1n) is 4.32. The summed E-state index contributed by atoms with van der Waals surface area (Å²) in [6, 6.07) is -2.27. The third-order valence-corrected chi connectivity index (χ3v) is 4.45. The van der Waals surface area contributed by atoms with Crippen LogP contribution in [0.2, 0.25) is 0 Å². The molecule has 6 nitrogen and oxygen atoms in total. The Labute approximate surface area is 104 Å². The van der Waals surface area contributed by atoms with Crippen LogP contribution in [0.15, 0.2) is 15.9 Å². The Morgan fingerprint density at radius 2 is 2.17 bits per heavy atom. The van der Waals surface area contributed by atoms with Crippen molar-refractivity contribution in [2.24, 2.45) is 0 Å². The molecule has 1 rings (SSSR count). The van der Waals surface area contributed by atoms with Gasteiger partial charge in [0.15, 0.2) is 4.21 Å². The van der Waals surface area contributed by atoms with Crippen LogP contribution in [0.1, 0.15) is 6.42 Å². The zero-order valence-electron chi connectivity index (χ0n) is 8.51. The lowest BCUT2D eigenvalue weighted by Crippen LogP contribution is -2.43. The minimum absolute atomic E-state index is 0.351. The number of carbonyl (C=O) groups is 1. The summed E-state index contributed by atoms with van der Waals surface area (Å²) in [7, 11) is -4.31. The maximum Gasteiger partial charge on any atom is 0.391 e. The third-order valence-electron chi connectivity index (χ3n) is 1.71. The number of carboxylic acid groups (broad SMARTS) is 1. The highest BCUT2D eigenvalue weighted by Crippen LogP contribution is 2.23. The molecule has 102 valence electrons. The average Bonchev–Trinajstić information content (AvgIpc) is 2.66. The molecule has 0 fully saturated rings. The molecule has 1 aromatic rings. The molecule has 0 aromatic carbocycles. The van der Waals surface area contributed by atoms with Crippen molar-refractivity contribution in [2.75, 3.05) is 0 Å². The number of alkyl halides is 3. The minimum atomic E-state index is -4.79. The molecule has 0 amide bonds. The van der Waals surface area contributed by atoms with Crippen LogP contribution < -0.4 is 4.72 Å². The highest BCUT2D eigenvalue weighted by atomic mass is 32.2. The fourth-order valence-corrected chi connectivity index (χ4v) is 2.99. The van der Waals surface area contributed by atoms with Gasteiger partial charge < -0.3 is 5.11 Å². The standard InChI is InChI=1S/C7H7F3N2O4S2/c8-7(9,10)1-4(6(13)14)12-18(15,16)5-2-11-3-17-5/h2-4,12H,1H2,(H,13,14). The predicted octanol–water partition coefficient (Wildman–Crippen LogP) is 0.827. The summed E-state index contributed by atoms with van der Waals surface area (Å²) < 4.78 is 60.4. The van der Waals surface area contributed by atoms with Crippen LogP contribution in [-0.4, -0.2) is 36.7 Å². The molecule has 18 heavy (non-hydrogen) atoms. The molecule has 11 heteroatoms. The fraction of sp³-hybridized carbons (Fsp3) is 0.429. The number of nitrogens with one attached hydrogen (secondary N) is 1. The van der Waals surface area contributed by atoms with Gasteiger partial charge in [0.25, 0.3) is 10.0 Å². The van der Waals surface area contributed by atoms with Gasteiger partial charge in [-0.25, -0.2) is 8.42 Å². The molecule has 0 saturated heterocycles. The van der Waals surface area contributed by atoms with E-state index >= 15 is 0 Å². The smallest absolute Gasteiger partial charge is 0.391 e. The van der Waals surface area contributed by atoms with Crippen molar-refractivity contribution in [1.29, 1.82) is 0 Å². The van der Waals surface area contributed by atoms with Gasteiger partial charge in [-0.15, -0.1) is 11.3 Å². The number of hydrogen-bond acceptors (Lipinski definition) is 5. The number of sulfonamides is 1. The summed E-state index contributed by atoms with van der Waals surface area (Å²) in [6.45, 7) is 0. The molecule has 0 aliphatic heterocycles. The summed E-state index contributed by atoms with van der Waals surface area (Å²) in [5, 5.41) is 8.56. The Kier molecular flexibility index (Phi) is 4.29. The van der Waals surface area contributed by atoms with E-state index in [1.54, 1.807) is 0 Å². The quantitative estimate of drug-likeness (QED) is 0.840. The minimum Gasteiger partial charge on any atom is -0.480 e. The van der Waals surface area contributed by atoms with Crippen molar-refractivity contribution in [3.8, 4) is 0 Å². The van der Waals surface area contributed by atoms with E-state index in [9.17, 15) is 26.4 Å². The SMILES string of the molecule is O=C(O)C(CC(F)(F)F)NS(=O)(=O)c1cncs1. The lowest BCUT2D eigenvalue weighted by Gasteiger charge is -2.15. The van der Waals surface area contributed by atoms with Gasteiger partial charge in [0.05, 0.1) is 18.1 Å². The number of aliphatic carboxylic acids is 1. The van der Waals surface area contributed by atoms with Gasteiger partial charge in [-0.1, -0.05) is 0 Å². The molecule has 1 heterocycles. The predicted molar refractivity (Wildman–Crippen MR) is 54.5 cm³/mol. The monoisotopic (exact) mass is 304 g/mol. The number of aromatic nitrogens is 1. The van der Waals surface area contributed by atoms with Crippen molar-refractivity contribution in [3.63, 3.8) is 0 Å². The van der Waals surface area contributed by atoms with Crippen LogP contribution in [0.25, 0.3) is 0 Å². The summed E-state index contributed by atoms with van der Waals surface area (Å²) in [5.74, 6) is -1.90. The van der Waals surface area contributed by atoms with Crippen molar-refractivity contribution in [2.45, 2.75) is 22.8 Å². The zero-order valence-corrected chi connectivity index (χ0v) is 10.1. The molecule has 1 aromatic heterocycles. The van der Waals surface area contributed by atoms with Crippen LogP contribution in [0.3, 0.4) is 0 Å². The highest BCUT2D eigenvalue weighted by molar-refractivity contribution is 7.91. The normalized spacial score (nSPS) is 14.4. The number of carboxylic acids is 1. The van der Waals surface area contributed by atoms with E-state index in [1.165, 1.54) is 4.72 Å². The van der Waals surface area contributed by atoms with Crippen LogP contribution >= 0.6 is 11.3 Å². The van der Waals surface area contributed by atoms with E-state index in [4.69, 9.17) is 5.11 Å². The van der Waals surface area contributed by atoms with E-state index in [2.05, 4.69) is 4.98 Å². The second-order valence-corrected chi connectivity index (χ2v) is 5.98. The number of hydrogen-bond donors (Lipinski definition) is 2. The van der Waals surface area contributed by atoms with Gasteiger partial charge in [-0.05, 0) is 0 Å². The maximum atomic E-state index is 12.1. The molecule has 0 aliphatic carbocycles. The van der Waals surface area contributed by atoms with Crippen molar-refractivity contribution < 1.29 is 31.5 Å². The first-order chi connectivity index (χ1) is 8.12. The van der Waals surface area contributed by atoms with Gasteiger partial charge in [-0.2, -0.15) is 17.9 Å². The lowest BCUT2D eigenvalue weighted by molar-refractivity contribution is -0.157. The van der Waals surface area contributed by atoms with Crippen molar-refractivity contribution in [1.82, 2.24) is 9.71 Å². The van der Waals surface area contributed by atoms with Gasteiger partial charge in [-0.3, -0.25) is 9.78 Å². The Hall–Kier alpha value is -1.20. The van der Waals surface area contributed by atoms with Crippen LogP contribution in [0, 0.1) is 0 Å². The lowest BCUT2D eigenvalue weighted by atomic mass is 10.2. The highest BCUT2D eigenvalue weighted by Gasteiger charge is 2.38. The molecule has 0 saturated carbocycles. The van der Waals surface area contributed by atoms with Crippen LogP contribution in [-0.2, 0) is 14.8 Å². The Morgan fingerprint density at radius 3 is 2.56 bits per heavy atom. The molecule has 0 aliphatic rings. The van der Waals surface area contributed by atoms with E-state index in [1.807, 2.05) is 0 Å². The summed E-state index contributed by atoms with van der Waals surface area (Å²) in [4.78, 5) is 14.0. The molecule has 1 atom stereocenters. The molecular weight excluding hydrogens is 297 g/mol. The number of nitrogens with zero attached hydrogens (tertiary/aromatic N) is 1. The summed E-state index contributed by atoms with van der Waals surface area (Å²) in [6.07, 6.45) is -5.67. The molecule has 2 N–H and O–H groups in total. The maximum absolute atomic E-state index is 12.1. The Balaban J connectivity index is 2.89. The third kappa shape index (κ3) is 4.23. The number of thiazole rings is 1. The molecule has 1 unspecified atom stereocenters. The van der Waals surface area contributed by atoms with Gasteiger partial charge in [0.2, 0.25) is 0 Å². The van der Waals surface area contributed by atoms with Crippen LogP contribution in [0.5, 0.6) is 0 Å². The van der Waals surface area contributed by atoms with E-state index in [0.29, 0.717) is 11.3 Å². The molecule has 0 bridgehead atoms. The second-order valence-electron chi connectivity index (χ2n) is 3.15. The Morgan fingerprint density at radius 1 is 1.56 bits per heavy atom. The molecule has 0 radical (unpaired) electrons. The summed E-state index contributed by atoms with van der Waals surface area (Å²) >= 11 is 0.666. The van der Waals surface area contributed by atoms with Crippen molar-refractivity contribution >= 4 is 27.3 Å². The van der Waals surface area contributed by atoms with Gasteiger partial charge in [0.1, 0.15) is 6.04 Å². The van der Waals surface area contributed by atoms with E-state index in [0.717, 1.165) is 11.7 Å². The number of rotatable bonds is 5. The second kappa shape index (κ2) is 5.20. The molecular formula is C7H7F3N2O4S2. The first-order valence-corrected chi connectivity index (χ1v) is 6.68. The van der Waals surface area contributed by atoms with Gasteiger partial charge >= 0.3 is 12.1 Å². The summed E-state index contributed by atoms with van der Waals surface area (Å²) in [5.41, 5.74) is 1.16. The van der Waals surface area contributed by atoms with Crippen LogP contribution in [0.4, 0.5) is 13.2 Å². The topological polar surface area (TPSA) is 96.4 Å². The van der Waals surface area contributed by atoms with E-state index in [-0.39, 0.29) is 4.21 Å². The number of halogens is 3. The average molecular weight is 304 g/mol. The van der Waals surface area contributed by atoms with Crippen molar-refractivity contribution in [3.05, 3.63) is 11.7 Å². The Bertz CT molecular complexity index is 511. The fourth-order valence-electron chi connectivity index (χ4n) is 0.993. The van der Waals surface area contributed by atoms with Gasteiger partial charge in [0, 0.05) is 0 Å².